The number of hydrogen-bond acceptors (Lipinski definition) is 8. The molecule has 11 heteroatoms. The van der Waals surface area contributed by atoms with Crippen molar-refractivity contribution in [1.82, 2.24) is 19.9 Å². The molecule has 3 heterocycles. The first-order valence-electron chi connectivity index (χ1n) is 14.3. The van der Waals surface area contributed by atoms with Gasteiger partial charge < -0.3 is 14.4 Å². The quantitative estimate of drug-likeness (QED) is 0.206. The number of carbonyl (C=O) groups excluding carboxylic acids is 1. The molecule has 1 aliphatic rings. The Morgan fingerprint density at radius 1 is 1.00 bits per heavy atom. The Kier molecular flexibility index (Phi) is 9.83. The Morgan fingerprint density at radius 2 is 1.77 bits per heavy atom. The predicted molar refractivity (Wildman–Crippen MR) is 157 cm³/mol. The van der Waals surface area contributed by atoms with Crippen molar-refractivity contribution in [3.05, 3.63) is 83.9 Å². The van der Waals surface area contributed by atoms with E-state index in [-0.39, 0.29) is 18.6 Å². The molecule has 5 rings (SSSR count). The second-order valence-corrected chi connectivity index (χ2v) is 10.6. The molecule has 0 atom stereocenters. The Balaban J connectivity index is 1.13. The molecule has 226 valence electrons. The number of halogens is 3. The second-order valence-electron chi connectivity index (χ2n) is 10.6. The van der Waals surface area contributed by atoms with Gasteiger partial charge in [-0.05, 0) is 60.4 Å². The van der Waals surface area contributed by atoms with Crippen LogP contribution in [0.25, 0.3) is 10.9 Å². The van der Waals surface area contributed by atoms with E-state index in [1.54, 1.807) is 12.1 Å². The van der Waals surface area contributed by atoms with E-state index in [4.69, 9.17) is 9.47 Å². The van der Waals surface area contributed by atoms with Crippen LogP contribution in [0.4, 0.5) is 18.9 Å². The molecule has 1 saturated heterocycles. The smallest absolute Gasteiger partial charge is 0.433 e. The van der Waals surface area contributed by atoms with E-state index < -0.39 is 11.9 Å². The number of aryl methyl sites for hydroxylation is 1. The van der Waals surface area contributed by atoms with E-state index in [2.05, 4.69) is 31.8 Å². The maximum absolute atomic E-state index is 12.7. The van der Waals surface area contributed by atoms with Crippen LogP contribution < -0.4 is 9.64 Å². The molecule has 2 aromatic heterocycles. The van der Waals surface area contributed by atoms with Crippen molar-refractivity contribution in [2.45, 2.75) is 31.9 Å². The van der Waals surface area contributed by atoms with Crippen LogP contribution >= 0.6 is 0 Å². The van der Waals surface area contributed by atoms with E-state index in [1.165, 1.54) is 18.6 Å². The van der Waals surface area contributed by atoms with Crippen LogP contribution in [0, 0.1) is 0 Å². The van der Waals surface area contributed by atoms with E-state index in [0.717, 1.165) is 74.0 Å². The highest BCUT2D eigenvalue weighted by molar-refractivity contribution is 5.86. The third kappa shape index (κ3) is 8.48. The number of pyridine rings is 1. The van der Waals surface area contributed by atoms with E-state index >= 15 is 0 Å². The first-order chi connectivity index (χ1) is 20.7. The molecule has 0 aliphatic carbocycles. The number of aromatic nitrogens is 3. The zero-order valence-electron chi connectivity index (χ0n) is 24.0. The monoisotopic (exact) mass is 593 g/mol. The number of nitrogens with zero attached hydrogens (tertiary/aromatic N) is 5. The molecule has 0 bridgehead atoms. The Labute approximate surface area is 248 Å². The summed E-state index contributed by atoms with van der Waals surface area (Å²) in [6.45, 7) is 5.58. The van der Waals surface area contributed by atoms with Gasteiger partial charge in [-0.15, -0.1) is 0 Å². The van der Waals surface area contributed by atoms with Gasteiger partial charge in [0, 0.05) is 58.0 Å². The Hall–Kier alpha value is -4.09. The van der Waals surface area contributed by atoms with Crippen molar-refractivity contribution in [1.29, 1.82) is 0 Å². The average Bonchev–Trinajstić information content (AvgIpc) is 3.01. The molecular weight excluding hydrogens is 559 g/mol. The highest BCUT2D eigenvalue weighted by Gasteiger charge is 2.32. The lowest BCUT2D eigenvalue weighted by atomic mass is 10.0. The highest BCUT2D eigenvalue weighted by atomic mass is 19.4. The fourth-order valence-electron chi connectivity index (χ4n) is 4.95. The van der Waals surface area contributed by atoms with Gasteiger partial charge in [0.25, 0.3) is 0 Å². The van der Waals surface area contributed by atoms with Gasteiger partial charge in [-0.2, -0.15) is 13.2 Å². The standard InChI is InChI=1S/C32H34F3N5O3/c1-39(13-2-14-40-15-17-42-18-16-40)25-7-11-28-29(20-25)37-22-38-31(28)43-27-9-4-23(5-10-27)19-26(41)8-3-24-6-12-30(36-21-24)32(33,34)35/h4-7,9-12,20-22H,2-3,8,13-19H2,1H3. The van der Waals surface area contributed by atoms with Crippen LogP contribution in [0.2, 0.25) is 0 Å². The summed E-state index contributed by atoms with van der Waals surface area (Å²) in [4.78, 5) is 29.4. The topological polar surface area (TPSA) is 80.7 Å². The summed E-state index contributed by atoms with van der Waals surface area (Å²) < 4.78 is 49.5. The van der Waals surface area contributed by atoms with Crippen molar-refractivity contribution in [3.63, 3.8) is 0 Å². The van der Waals surface area contributed by atoms with E-state index in [0.29, 0.717) is 23.6 Å². The van der Waals surface area contributed by atoms with Crippen molar-refractivity contribution in [2.75, 3.05) is 51.3 Å². The van der Waals surface area contributed by atoms with Gasteiger partial charge in [0.05, 0.1) is 24.1 Å². The largest absolute Gasteiger partial charge is 0.438 e. The van der Waals surface area contributed by atoms with Gasteiger partial charge in [-0.25, -0.2) is 9.97 Å². The van der Waals surface area contributed by atoms with E-state index in [1.807, 2.05) is 30.3 Å². The molecule has 8 nitrogen and oxygen atoms in total. The summed E-state index contributed by atoms with van der Waals surface area (Å²) in [7, 11) is 2.08. The molecule has 2 aromatic carbocycles. The number of rotatable bonds is 12. The molecule has 0 spiro atoms. The number of alkyl halides is 3. The number of benzene rings is 2. The minimum absolute atomic E-state index is 0.0165. The minimum atomic E-state index is -4.48. The predicted octanol–water partition coefficient (Wildman–Crippen LogP) is 5.74. The summed E-state index contributed by atoms with van der Waals surface area (Å²) in [6, 6.07) is 15.6. The number of Topliss-reactive ketones (excluding diaryl/α,β-unsaturated/α-hetero) is 1. The molecule has 0 N–H and O–H groups in total. The molecule has 4 aromatic rings. The van der Waals surface area contributed by atoms with E-state index in [9.17, 15) is 18.0 Å². The van der Waals surface area contributed by atoms with Gasteiger partial charge in [0.15, 0.2) is 0 Å². The lowest BCUT2D eigenvalue weighted by Gasteiger charge is -2.27. The van der Waals surface area contributed by atoms with Crippen LogP contribution in [-0.2, 0) is 28.5 Å². The lowest BCUT2D eigenvalue weighted by Crippen LogP contribution is -2.37. The number of anilines is 1. The third-order valence-corrected chi connectivity index (χ3v) is 7.44. The number of ketones is 1. The SMILES string of the molecule is CN(CCCN1CCOCC1)c1ccc2c(Oc3ccc(CC(=O)CCc4ccc(C(F)(F)F)nc4)cc3)ncnc2c1. The molecule has 0 amide bonds. The second kappa shape index (κ2) is 13.9. The first-order valence-corrected chi connectivity index (χ1v) is 14.3. The zero-order valence-corrected chi connectivity index (χ0v) is 24.0. The minimum Gasteiger partial charge on any atom is -0.438 e. The van der Waals surface area contributed by atoms with Crippen LogP contribution in [0.1, 0.15) is 29.7 Å². The summed E-state index contributed by atoms with van der Waals surface area (Å²) in [6.07, 6.45) is -0.000782. The van der Waals surface area contributed by atoms with Crippen molar-refractivity contribution in [3.8, 4) is 11.6 Å². The number of morpholine rings is 1. The molecule has 1 fully saturated rings. The maximum Gasteiger partial charge on any atom is 0.433 e. The van der Waals surface area contributed by atoms with Crippen LogP contribution in [0.5, 0.6) is 11.6 Å². The first kappa shape index (κ1) is 30.4. The van der Waals surface area contributed by atoms with Crippen LogP contribution in [-0.4, -0.2) is 72.1 Å². The summed E-state index contributed by atoms with van der Waals surface area (Å²) in [5.41, 5.74) is 2.32. The fraction of sp³-hybridized carbons (Fsp3) is 0.375. The van der Waals surface area contributed by atoms with Gasteiger partial charge in [0.2, 0.25) is 5.88 Å². The molecule has 0 saturated carbocycles. The lowest BCUT2D eigenvalue weighted by molar-refractivity contribution is -0.141. The molecule has 0 radical (unpaired) electrons. The van der Waals surface area contributed by atoms with Gasteiger partial charge >= 0.3 is 6.18 Å². The zero-order chi connectivity index (χ0) is 30.2. The van der Waals surface area contributed by atoms with Gasteiger partial charge in [0.1, 0.15) is 23.6 Å². The maximum atomic E-state index is 12.7. The van der Waals surface area contributed by atoms with Crippen LogP contribution in [0.15, 0.2) is 67.1 Å². The summed E-state index contributed by atoms with van der Waals surface area (Å²) >= 11 is 0. The van der Waals surface area contributed by atoms with Gasteiger partial charge in [-0.1, -0.05) is 18.2 Å². The molecular formula is C32H34F3N5O3. The molecule has 43 heavy (non-hydrogen) atoms. The number of fused-ring (bicyclic) bond motifs is 1. The summed E-state index contributed by atoms with van der Waals surface area (Å²) in [5, 5.41) is 0.796. The Morgan fingerprint density at radius 3 is 2.49 bits per heavy atom. The summed E-state index contributed by atoms with van der Waals surface area (Å²) in [5.74, 6) is 1.01. The van der Waals surface area contributed by atoms with Crippen molar-refractivity contribution < 1.29 is 27.4 Å². The fourth-order valence-corrected chi connectivity index (χ4v) is 4.95. The molecule has 0 unspecified atom stereocenters. The number of carbonyl (C=O) groups is 1. The third-order valence-electron chi connectivity index (χ3n) is 7.44. The van der Waals surface area contributed by atoms with Crippen molar-refractivity contribution >= 4 is 22.4 Å². The normalized spacial score (nSPS) is 14.1. The molecule has 1 aliphatic heterocycles. The van der Waals surface area contributed by atoms with Crippen molar-refractivity contribution in [2.24, 2.45) is 0 Å². The number of hydrogen-bond donors (Lipinski definition) is 0. The highest BCUT2D eigenvalue weighted by Crippen LogP contribution is 2.30. The van der Waals surface area contributed by atoms with Gasteiger partial charge in [-0.3, -0.25) is 14.7 Å². The average molecular weight is 594 g/mol. The number of ether oxygens (including phenoxy) is 2. The van der Waals surface area contributed by atoms with Crippen LogP contribution in [0.3, 0.4) is 0 Å². The Bertz CT molecular complexity index is 1510.